The first-order chi connectivity index (χ1) is 28.3. The zero-order chi connectivity index (χ0) is 40.0. The fraction of sp³-hybridized carbons (Fsp3) is 0.244. The predicted molar refractivity (Wildman–Crippen MR) is 212 cm³/mol. The van der Waals surface area contributed by atoms with Gasteiger partial charge in [-0.2, -0.15) is 9.97 Å². The number of likely N-dealkylation sites (tertiary alicyclic amines) is 2. The molecule has 2 aliphatic rings. The highest BCUT2D eigenvalue weighted by atomic mass is 19.1. The molecule has 13 heteroatoms. The molecule has 2 aromatic heterocycles. The van der Waals surface area contributed by atoms with Crippen molar-refractivity contribution in [2.45, 2.75) is 37.5 Å². The molecule has 0 radical (unpaired) electrons. The Morgan fingerprint density at radius 3 is 1.74 bits per heavy atom. The highest BCUT2D eigenvalue weighted by Gasteiger charge is 2.31. The second-order valence-electron chi connectivity index (χ2n) is 14.4. The van der Waals surface area contributed by atoms with Gasteiger partial charge in [-0.05, 0) is 103 Å². The van der Waals surface area contributed by atoms with E-state index >= 15 is 0 Å². The highest BCUT2D eigenvalue weighted by Crippen LogP contribution is 2.32. The Kier molecular flexibility index (Phi) is 11.3. The third kappa shape index (κ3) is 8.48. The van der Waals surface area contributed by atoms with Crippen molar-refractivity contribution >= 4 is 22.6 Å². The normalized spacial score (nSPS) is 16.7. The molecule has 5 aromatic carbocycles. The number of fused-ring (bicyclic) bond motifs is 1. The summed E-state index contributed by atoms with van der Waals surface area (Å²) in [5, 5.41) is 10.6. The van der Waals surface area contributed by atoms with Crippen molar-refractivity contribution in [2.24, 2.45) is 0 Å². The van der Waals surface area contributed by atoms with E-state index < -0.39 is 0 Å². The number of hydrogen-bond acceptors (Lipinski definition) is 9. The summed E-state index contributed by atoms with van der Waals surface area (Å²) in [5.74, 6) is 1.78. The fourth-order valence-corrected chi connectivity index (χ4v) is 7.46. The van der Waals surface area contributed by atoms with E-state index in [1.165, 1.54) is 48.5 Å². The summed E-state index contributed by atoms with van der Waals surface area (Å²) in [6.45, 7) is 2.32. The summed E-state index contributed by atoms with van der Waals surface area (Å²) in [5.41, 5.74) is 2.62. The smallest absolute Gasteiger partial charge is 0.253 e. The Bertz CT molecular complexity index is 2520. The van der Waals surface area contributed by atoms with E-state index in [1.807, 2.05) is 48.5 Å². The van der Waals surface area contributed by atoms with Gasteiger partial charge in [0.15, 0.2) is 0 Å². The van der Waals surface area contributed by atoms with Crippen molar-refractivity contribution in [3.8, 4) is 28.5 Å². The number of ether oxygens (including phenoxy) is 1. The van der Waals surface area contributed by atoms with E-state index in [-0.39, 0.29) is 35.3 Å². The summed E-state index contributed by atoms with van der Waals surface area (Å²) in [6.07, 6.45) is 3.43. The van der Waals surface area contributed by atoms with Gasteiger partial charge in [-0.1, -0.05) is 58.8 Å². The summed E-state index contributed by atoms with van der Waals surface area (Å²) < 4.78 is 42.7. The quantitative estimate of drug-likeness (QED) is 0.156. The monoisotopic (exact) mass is 782 g/mol. The number of carbonyl (C=O) groups is 2. The van der Waals surface area contributed by atoms with Gasteiger partial charge in [-0.3, -0.25) is 9.59 Å². The van der Waals surface area contributed by atoms with Crippen LogP contribution in [0.15, 0.2) is 124 Å². The van der Waals surface area contributed by atoms with Gasteiger partial charge in [-0.15, -0.1) is 0 Å². The lowest BCUT2D eigenvalue weighted by molar-refractivity contribution is 0.0688. The fourth-order valence-electron chi connectivity index (χ4n) is 7.46. The number of para-hydroxylation sites is 1. The van der Waals surface area contributed by atoms with Gasteiger partial charge in [0.05, 0.1) is 24.5 Å². The highest BCUT2D eigenvalue weighted by molar-refractivity contribution is 5.95. The van der Waals surface area contributed by atoms with Crippen molar-refractivity contribution in [2.75, 3.05) is 33.3 Å². The SMILES string of the molecule is COc1ccccc1-c1noc([C@H]2CCCN(C(=O)c3ccc(F)cc3)C2)n1.O=C(c1ccc(F)cc1)N1CCC[C@H](c2nc(-c3ccc4ccccc4c3)no2)C1. The maximum atomic E-state index is 13.2. The largest absolute Gasteiger partial charge is 0.496 e. The van der Waals surface area contributed by atoms with E-state index in [0.29, 0.717) is 66.5 Å². The second-order valence-corrected chi connectivity index (χ2v) is 14.4. The number of carbonyl (C=O) groups excluding carboxylic acids is 2. The Morgan fingerprint density at radius 2 is 1.16 bits per heavy atom. The topological polar surface area (TPSA) is 128 Å². The molecule has 0 unspecified atom stereocenters. The summed E-state index contributed by atoms with van der Waals surface area (Å²) in [6, 6.07) is 33.0. The molecule has 9 rings (SSSR count). The van der Waals surface area contributed by atoms with Gasteiger partial charge in [0.2, 0.25) is 23.4 Å². The molecule has 2 amide bonds. The van der Waals surface area contributed by atoms with Crippen LogP contribution in [0.3, 0.4) is 0 Å². The Labute approximate surface area is 333 Å². The molecule has 2 saturated heterocycles. The van der Waals surface area contributed by atoms with E-state index in [1.54, 1.807) is 16.9 Å². The summed E-state index contributed by atoms with van der Waals surface area (Å²) in [4.78, 5) is 38.2. The van der Waals surface area contributed by atoms with Crippen LogP contribution in [0.1, 0.15) is 70.0 Å². The lowest BCUT2D eigenvalue weighted by Gasteiger charge is -2.31. The molecular formula is C45H40F2N6O5. The van der Waals surface area contributed by atoms with Crippen LogP contribution in [-0.4, -0.2) is 75.2 Å². The van der Waals surface area contributed by atoms with Crippen LogP contribution in [0.25, 0.3) is 33.5 Å². The Morgan fingerprint density at radius 1 is 0.638 bits per heavy atom. The second kappa shape index (κ2) is 17.2. The van der Waals surface area contributed by atoms with Gasteiger partial charge in [-0.25, -0.2) is 8.78 Å². The van der Waals surface area contributed by atoms with Crippen LogP contribution in [0.2, 0.25) is 0 Å². The van der Waals surface area contributed by atoms with Gasteiger partial charge in [0.1, 0.15) is 17.4 Å². The van der Waals surface area contributed by atoms with Gasteiger partial charge in [0, 0.05) is 42.9 Å². The Hall–Kier alpha value is -6.76. The van der Waals surface area contributed by atoms with Crippen LogP contribution >= 0.6 is 0 Å². The number of hydrogen-bond donors (Lipinski definition) is 0. The summed E-state index contributed by atoms with van der Waals surface area (Å²) >= 11 is 0. The lowest BCUT2D eigenvalue weighted by Crippen LogP contribution is -2.39. The van der Waals surface area contributed by atoms with Crippen LogP contribution in [0, 0.1) is 11.6 Å². The number of rotatable bonds is 7. The zero-order valence-corrected chi connectivity index (χ0v) is 31.8. The molecule has 0 spiro atoms. The number of piperidine rings is 2. The van der Waals surface area contributed by atoms with Gasteiger partial charge < -0.3 is 23.6 Å². The van der Waals surface area contributed by atoms with E-state index in [0.717, 1.165) is 47.6 Å². The van der Waals surface area contributed by atoms with Gasteiger partial charge in [0.25, 0.3) is 11.8 Å². The average Bonchev–Trinajstić information content (AvgIpc) is 3.99. The van der Waals surface area contributed by atoms with E-state index in [2.05, 4.69) is 38.5 Å². The molecule has 2 aliphatic heterocycles. The van der Waals surface area contributed by atoms with Crippen LogP contribution in [0.5, 0.6) is 5.75 Å². The van der Waals surface area contributed by atoms with Crippen molar-refractivity contribution in [3.63, 3.8) is 0 Å². The third-order valence-electron chi connectivity index (χ3n) is 10.5. The first-order valence-electron chi connectivity index (χ1n) is 19.2. The molecule has 58 heavy (non-hydrogen) atoms. The van der Waals surface area contributed by atoms with Crippen LogP contribution < -0.4 is 4.74 Å². The van der Waals surface area contributed by atoms with Crippen LogP contribution in [-0.2, 0) is 0 Å². The molecule has 4 heterocycles. The van der Waals surface area contributed by atoms with E-state index in [4.69, 9.17) is 13.8 Å². The lowest BCUT2D eigenvalue weighted by atomic mass is 9.97. The van der Waals surface area contributed by atoms with E-state index in [9.17, 15) is 18.4 Å². The maximum Gasteiger partial charge on any atom is 0.253 e. The maximum absolute atomic E-state index is 13.2. The minimum absolute atomic E-state index is 0.00939. The molecule has 2 atom stereocenters. The molecule has 7 aromatic rings. The van der Waals surface area contributed by atoms with Crippen molar-refractivity contribution in [3.05, 3.63) is 150 Å². The predicted octanol–water partition coefficient (Wildman–Crippen LogP) is 8.95. The van der Waals surface area contributed by atoms with Crippen molar-refractivity contribution < 1.29 is 32.2 Å². The zero-order valence-electron chi connectivity index (χ0n) is 31.8. The minimum Gasteiger partial charge on any atom is -0.496 e. The van der Waals surface area contributed by atoms with Crippen LogP contribution in [0.4, 0.5) is 8.78 Å². The molecule has 0 saturated carbocycles. The molecule has 0 N–H and O–H groups in total. The standard InChI is InChI=1S/C24H20FN3O2.C21H20FN3O3/c25-21-11-9-17(10-12-21)24(29)28-13-3-6-20(15-28)23-26-22(27-30-23)19-8-7-16-4-1-2-5-18(16)14-19;1-27-18-7-3-2-6-17(18)19-23-20(28-24-19)15-5-4-12-25(13-15)21(26)14-8-10-16(22)11-9-14/h1-2,4-5,7-12,14,20H,3,6,13,15H2;2-3,6-11,15H,4-5,12-13H2,1H3/t20-;15-/m00/s1. The minimum atomic E-state index is -0.359. The Balaban J connectivity index is 0.000000162. The number of methoxy groups -OCH3 is 1. The molecule has 0 aliphatic carbocycles. The number of halogens is 2. The number of aromatic nitrogens is 4. The molecular weight excluding hydrogens is 743 g/mol. The molecule has 2 fully saturated rings. The third-order valence-corrected chi connectivity index (χ3v) is 10.5. The number of nitrogens with zero attached hydrogens (tertiary/aromatic N) is 6. The molecule has 294 valence electrons. The first-order valence-corrected chi connectivity index (χ1v) is 19.2. The molecule has 0 bridgehead atoms. The summed E-state index contributed by atoms with van der Waals surface area (Å²) in [7, 11) is 1.60. The average molecular weight is 783 g/mol. The van der Waals surface area contributed by atoms with Gasteiger partial charge >= 0.3 is 0 Å². The first kappa shape index (κ1) is 38.1. The van der Waals surface area contributed by atoms with Crippen molar-refractivity contribution in [1.82, 2.24) is 30.1 Å². The van der Waals surface area contributed by atoms with Crippen molar-refractivity contribution in [1.29, 1.82) is 0 Å². The molecule has 11 nitrogen and oxygen atoms in total. The number of benzene rings is 5. The number of amides is 2.